The summed E-state index contributed by atoms with van der Waals surface area (Å²) in [7, 11) is 0. The van der Waals surface area contributed by atoms with Crippen molar-refractivity contribution in [2.45, 2.75) is 25.8 Å². The minimum Gasteiger partial charge on any atom is -0.392 e. The van der Waals surface area contributed by atoms with Gasteiger partial charge in [0.1, 0.15) is 0 Å². The molecule has 0 aliphatic heterocycles. The normalized spacial score (nSPS) is 12.1. The zero-order valence-electron chi connectivity index (χ0n) is 8.53. The fraction of sp³-hybridized carbons (Fsp3) is 0.400. The molecule has 0 radical (unpaired) electrons. The number of thiophene rings is 1. The fourth-order valence-corrected chi connectivity index (χ4v) is 2.01. The van der Waals surface area contributed by atoms with Crippen molar-refractivity contribution in [3.05, 3.63) is 22.4 Å². The molecule has 82 valence electrons. The molecule has 0 fully saturated rings. The Balaban J connectivity index is 2.59. The summed E-state index contributed by atoms with van der Waals surface area (Å²) >= 11 is 6.30. The van der Waals surface area contributed by atoms with Crippen molar-refractivity contribution in [3.63, 3.8) is 0 Å². The van der Waals surface area contributed by atoms with E-state index in [0.717, 1.165) is 12.8 Å². The molecule has 1 aromatic rings. The van der Waals surface area contributed by atoms with Crippen molar-refractivity contribution >= 4 is 34.5 Å². The lowest BCUT2D eigenvalue weighted by Crippen LogP contribution is -2.43. The highest BCUT2D eigenvalue weighted by molar-refractivity contribution is 7.80. The summed E-state index contributed by atoms with van der Waals surface area (Å²) in [6, 6.07) is 3.43. The molecule has 1 amide bonds. The molecule has 15 heavy (non-hydrogen) atoms. The molecule has 1 unspecified atom stereocenters. The first kappa shape index (κ1) is 12.1. The van der Waals surface area contributed by atoms with Crippen molar-refractivity contribution in [1.29, 1.82) is 0 Å². The molecule has 0 bridgehead atoms. The van der Waals surface area contributed by atoms with E-state index in [1.165, 1.54) is 11.3 Å². The molecule has 1 heterocycles. The molecule has 5 heteroatoms. The Kier molecular flexibility index (Phi) is 4.71. The molecule has 0 saturated heterocycles. The van der Waals surface area contributed by atoms with E-state index in [4.69, 9.17) is 18.0 Å². The van der Waals surface area contributed by atoms with Crippen LogP contribution in [0.3, 0.4) is 0 Å². The molecule has 0 saturated carbocycles. The molecule has 1 atom stereocenters. The molecule has 1 rings (SSSR count). The highest BCUT2D eigenvalue weighted by Crippen LogP contribution is 2.09. The summed E-state index contributed by atoms with van der Waals surface area (Å²) in [6.45, 7) is 2.03. The van der Waals surface area contributed by atoms with Gasteiger partial charge in [-0.05, 0) is 17.9 Å². The Morgan fingerprint density at radius 2 is 2.47 bits per heavy atom. The van der Waals surface area contributed by atoms with Crippen LogP contribution in [0.2, 0.25) is 0 Å². The van der Waals surface area contributed by atoms with E-state index in [1.807, 2.05) is 18.4 Å². The fourth-order valence-electron chi connectivity index (χ4n) is 1.21. The number of amides is 1. The molecule has 0 aliphatic rings. The van der Waals surface area contributed by atoms with Gasteiger partial charge in [0.05, 0.1) is 15.9 Å². The lowest BCUT2D eigenvalue weighted by atomic mass is 10.1. The number of hydrogen-bond donors (Lipinski definition) is 2. The molecule has 0 aliphatic carbocycles. The van der Waals surface area contributed by atoms with Crippen molar-refractivity contribution in [1.82, 2.24) is 5.32 Å². The summed E-state index contributed by atoms with van der Waals surface area (Å²) in [5.41, 5.74) is 5.54. The van der Waals surface area contributed by atoms with Gasteiger partial charge >= 0.3 is 0 Å². The van der Waals surface area contributed by atoms with Crippen LogP contribution in [0.4, 0.5) is 0 Å². The summed E-state index contributed by atoms with van der Waals surface area (Å²) in [4.78, 5) is 12.7. The lowest BCUT2D eigenvalue weighted by Gasteiger charge is -2.15. The maximum Gasteiger partial charge on any atom is 0.261 e. The van der Waals surface area contributed by atoms with E-state index in [1.54, 1.807) is 6.07 Å². The summed E-state index contributed by atoms with van der Waals surface area (Å²) in [5, 5.41) is 4.69. The van der Waals surface area contributed by atoms with Crippen molar-refractivity contribution in [2.24, 2.45) is 5.73 Å². The number of nitrogens with two attached hydrogens (primary N) is 1. The average Bonchev–Trinajstić information content (AvgIpc) is 2.69. The molecule has 3 nitrogen and oxygen atoms in total. The average molecular weight is 242 g/mol. The number of thiocarbonyl (C=S) groups is 1. The first-order valence-corrected chi connectivity index (χ1v) is 6.07. The number of nitrogens with one attached hydrogen (secondary N) is 1. The van der Waals surface area contributed by atoms with Crippen LogP contribution < -0.4 is 11.1 Å². The zero-order valence-corrected chi connectivity index (χ0v) is 10.2. The molecule has 0 spiro atoms. The van der Waals surface area contributed by atoms with Crippen LogP contribution in [0, 0.1) is 0 Å². The Bertz CT molecular complexity index is 335. The van der Waals surface area contributed by atoms with Gasteiger partial charge in [0.2, 0.25) is 0 Å². The van der Waals surface area contributed by atoms with E-state index in [2.05, 4.69) is 5.32 Å². The third kappa shape index (κ3) is 3.60. The smallest absolute Gasteiger partial charge is 0.261 e. The van der Waals surface area contributed by atoms with E-state index in [9.17, 15) is 4.79 Å². The van der Waals surface area contributed by atoms with E-state index >= 15 is 0 Å². The van der Waals surface area contributed by atoms with Gasteiger partial charge in [0.15, 0.2) is 0 Å². The van der Waals surface area contributed by atoms with Gasteiger partial charge in [0.25, 0.3) is 5.91 Å². The Labute approximate surface area is 98.7 Å². The predicted molar refractivity (Wildman–Crippen MR) is 67.3 cm³/mol. The second kappa shape index (κ2) is 5.82. The van der Waals surface area contributed by atoms with Crippen LogP contribution in [0.15, 0.2) is 17.5 Å². The summed E-state index contributed by atoms with van der Waals surface area (Å²) in [5.74, 6) is -0.101. The number of rotatable bonds is 5. The van der Waals surface area contributed by atoms with Crippen LogP contribution in [-0.2, 0) is 0 Å². The number of carbonyl (C=O) groups excluding carboxylic acids is 1. The number of carbonyl (C=O) groups is 1. The van der Waals surface area contributed by atoms with Crippen molar-refractivity contribution < 1.29 is 4.79 Å². The molecule has 0 aromatic carbocycles. The summed E-state index contributed by atoms with van der Waals surface area (Å²) < 4.78 is 0. The molecule has 3 N–H and O–H groups in total. The SMILES string of the molecule is CCCC(NC(=O)c1cccs1)C(N)=S. The maximum atomic E-state index is 11.7. The van der Waals surface area contributed by atoms with Crippen LogP contribution in [0.25, 0.3) is 0 Å². The van der Waals surface area contributed by atoms with E-state index < -0.39 is 0 Å². The van der Waals surface area contributed by atoms with Crippen LogP contribution in [0.1, 0.15) is 29.4 Å². The van der Waals surface area contributed by atoms with Gasteiger partial charge < -0.3 is 11.1 Å². The maximum absolute atomic E-state index is 11.7. The van der Waals surface area contributed by atoms with Gasteiger partial charge in [0, 0.05) is 0 Å². The predicted octanol–water partition coefficient (Wildman–Crippen LogP) is 1.93. The lowest BCUT2D eigenvalue weighted by molar-refractivity contribution is 0.0950. The monoisotopic (exact) mass is 242 g/mol. The van der Waals surface area contributed by atoms with Crippen LogP contribution >= 0.6 is 23.6 Å². The Morgan fingerprint density at radius 3 is 2.93 bits per heavy atom. The zero-order chi connectivity index (χ0) is 11.3. The Hall–Kier alpha value is -0.940. The topological polar surface area (TPSA) is 55.1 Å². The molecular formula is C10H14N2OS2. The van der Waals surface area contributed by atoms with E-state index in [0.29, 0.717) is 9.87 Å². The summed E-state index contributed by atoms with van der Waals surface area (Å²) in [6.07, 6.45) is 1.72. The quantitative estimate of drug-likeness (QED) is 0.776. The highest BCUT2D eigenvalue weighted by atomic mass is 32.1. The van der Waals surface area contributed by atoms with Crippen LogP contribution in [-0.4, -0.2) is 16.9 Å². The largest absolute Gasteiger partial charge is 0.392 e. The first-order chi connectivity index (χ1) is 7.15. The third-order valence-corrected chi connectivity index (χ3v) is 3.12. The van der Waals surface area contributed by atoms with Crippen molar-refractivity contribution in [3.8, 4) is 0 Å². The molecule has 1 aromatic heterocycles. The Morgan fingerprint density at radius 1 is 1.73 bits per heavy atom. The standard InChI is InChI=1S/C10H14N2OS2/c1-2-4-7(9(11)14)12-10(13)8-5-3-6-15-8/h3,5-7H,2,4H2,1H3,(H2,11,14)(H,12,13). The minimum atomic E-state index is -0.195. The van der Waals surface area contributed by atoms with E-state index in [-0.39, 0.29) is 11.9 Å². The van der Waals surface area contributed by atoms with Gasteiger partial charge in [-0.3, -0.25) is 4.79 Å². The third-order valence-electron chi connectivity index (χ3n) is 1.97. The number of hydrogen-bond acceptors (Lipinski definition) is 3. The van der Waals surface area contributed by atoms with Gasteiger partial charge in [-0.2, -0.15) is 0 Å². The highest BCUT2D eigenvalue weighted by Gasteiger charge is 2.15. The second-order valence-corrected chi connectivity index (χ2v) is 4.61. The van der Waals surface area contributed by atoms with Gasteiger partial charge in [-0.25, -0.2) is 0 Å². The minimum absolute atomic E-state index is 0.101. The van der Waals surface area contributed by atoms with Gasteiger partial charge in [-0.1, -0.05) is 31.6 Å². The molecular weight excluding hydrogens is 228 g/mol. The first-order valence-electron chi connectivity index (χ1n) is 4.78. The van der Waals surface area contributed by atoms with Gasteiger partial charge in [-0.15, -0.1) is 11.3 Å². The second-order valence-electron chi connectivity index (χ2n) is 3.19. The van der Waals surface area contributed by atoms with Crippen molar-refractivity contribution in [2.75, 3.05) is 0 Å². The van der Waals surface area contributed by atoms with Crippen LogP contribution in [0.5, 0.6) is 0 Å².